The van der Waals surface area contributed by atoms with Gasteiger partial charge in [0.15, 0.2) is 0 Å². The van der Waals surface area contributed by atoms with Crippen LogP contribution in [0.4, 0.5) is 0 Å². The Morgan fingerprint density at radius 3 is 2.55 bits per heavy atom. The van der Waals surface area contributed by atoms with Gasteiger partial charge in [-0.15, -0.1) is 0 Å². The van der Waals surface area contributed by atoms with Gasteiger partial charge in [-0.3, -0.25) is 10.1 Å². The minimum Gasteiger partial charge on any atom is -0.481 e. The molecule has 1 atom stereocenters. The van der Waals surface area contributed by atoms with Crippen LogP contribution >= 0.6 is 0 Å². The van der Waals surface area contributed by atoms with Crippen molar-refractivity contribution in [2.75, 3.05) is 13.7 Å². The Morgan fingerprint density at radius 2 is 1.87 bits per heavy atom. The number of aliphatic carboxylic acids is 1. The molecule has 31 heavy (non-hydrogen) atoms. The summed E-state index contributed by atoms with van der Waals surface area (Å²) in [5.41, 5.74) is 6.08. The third kappa shape index (κ3) is 5.57. The van der Waals surface area contributed by atoms with Crippen LogP contribution in [0.25, 0.3) is 23.3 Å². The number of rotatable bonds is 9. The monoisotopic (exact) mass is 418 g/mol. The number of benzene rings is 2. The molecule has 1 aromatic heterocycles. The molecule has 3 rings (SSSR count). The summed E-state index contributed by atoms with van der Waals surface area (Å²) in [4.78, 5) is 15.5. The molecule has 0 bridgehead atoms. The Hall–Kier alpha value is -3.48. The van der Waals surface area contributed by atoms with Gasteiger partial charge in [-0.1, -0.05) is 60.7 Å². The highest BCUT2D eigenvalue weighted by molar-refractivity contribution is 5.77. The number of aromatic nitrogens is 1. The molecule has 0 radical (unpaired) electrons. The maximum Gasteiger partial charge on any atom is 0.323 e. The minimum atomic E-state index is -1.11. The molecule has 6 heteroatoms. The van der Waals surface area contributed by atoms with Crippen LogP contribution in [0.3, 0.4) is 0 Å². The smallest absolute Gasteiger partial charge is 0.323 e. The van der Waals surface area contributed by atoms with E-state index in [1.165, 1.54) is 23.8 Å². The lowest BCUT2D eigenvalue weighted by atomic mass is 9.96. The number of carboxylic acid groups (broad SMARTS) is 1. The largest absolute Gasteiger partial charge is 0.481 e. The molecule has 6 nitrogen and oxygen atoms in total. The fraction of sp³-hybridized carbons (Fsp3) is 0.200. The number of pyridine rings is 1. The number of nitrogens with zero attached hydrogens (tertiary/aromatic N) is 1. The number of nitrogens with one attached hydrogen (secondary N) is 1. The third-order valence-corrected chi connectivity index (χ3v) is 5.07. The number of ether oxygens (including phenoxy) is 1. The van der Waals surface area contributed by atoms with Crippen LogP contribution in [0.5, 0.6) is 5.88 Å². The van der Waals surface area contributed by atoms with E-state index in [0.717, 1.165) is 11.3 Å². The topological polar surface area (TPSA) is 91.7 Å². The molecule has 3 aromatic rings. The summed E-state index contributed by atoms with van der Waals surface area (Å²) in [7, 11) is 1.52. The zero-order valence-electron chi connectivity index (χ0n) is 17.6. The molecule has 160 valence electrons. The highest BCUT2D eigenvalue weighted by Crippen LogP contribution is 2.26. The van der Waals surface area contributed by atoms with Crippen molar-refractivity contribution in [3.8, 4) is 17.0 Å². The zero-order chi connectivity index (χ0) is 22.2. The van der Waals surface area contributed by atoms with Crippen LogP contribution in [0.15, 0.2) is 60.7 Å². The van der Waals surface area contributed by atoms with Crippen molar-refractivity contribution in [1.29, 1.82) is 0 Å². The summed E-state index contributed by atoms with van der Waals surface area (Å²) in [6, 6.07) is 19.1. The fourth-order valence-electron chi connectivity index (χ4n) is 3.29. The Balaban J connectivity index is 1.79. The van der Waals surface area contributed by atoms with Gasteiger partial charge in [0.05, 0.1) is 19.4 Å². The maximum absolute atomic E-state index is 11.0. The quantitative estimate of drug-likeness (QED) is 0.490. The van der Waals surface area contributed by atoms with Crippen LogP contribution < -0.4 is 10.1 Å². The average Bonchev–Trinajstić information content (AvgIpc) is 2.79. The number of aliphatic hydroxyl groups excluding tert-OH is 1. The number of hydrogen-bond acceptors (Lipinski definition) is 5. The van der Waals surface area contributed by atoms with E-state index < -0.39 is 18.6 Å². The Labute approximate surface area is 181 Å². The van der Waals surface area contributed by atoms with Crippen LogP contribution in [-0.2, 0) is 11.3 Å². The summed E-state index contributed by atoms with van der Waals surface area (Å²) in [6.07, 6.45) is 3.94. The molecular weight excluding hydrogens is 392 g/mol. The number of carbonyl (C=O) groups is 1. The molecule has 0 unspecified atom stereocenters. The van der Waals surface area contributed by atoms with Gasteiger partial charge in [-0.05, 0) is 41.3 Å². The van der Waals surface area contributed by atoms with Crippen molar-refractivity contribution in [2.45, 2.75) is 19.5 Å². The first-order chi connectivity index (χ1) is 15.0. The van der Waals surface area contributed by atoms with Gasteiger partial charge in [-0.25, -0.2) is 4.98 Å². The predicted molar refractivity (Wildman–Crippen MR) is 122 cm³/mol. The van der Waals surface area contributed by atoms with Crippen LogP contribution in [-0.4, -0.2) is 40.9 Å². The molecule has 0 aliphatic rings. The van der Waals surface area contributed by atoms with Crippen LogP contribution in [0.1, 0.15) is 22.4 Å². The van der Waals surface area contributed by atoms with E-state index in [9.17, 15) is 4.79 Å². The highest BCUT2D eigenvalue weighted by atomic mass is 16.5. The van der Waals surface area contributed by atoms with Crippen molar-refractivity contribution >= 4 is 18.1 Å². The van der Waals surface area contributed by atoms with E-state index in [4.69, 9.17) is 14.9 Å². The van der Waals surface area contributed by atoms with Crippen molar-refractivity contribution in [3.63, 3.8) is 0 Å². The maximum atomic E-state index is 11.0. The molecule has 0 fully saturated rings. The molecular formula is C25H26N2O4. The SMILES string of the molecule is COc1nc(/C=C/c2cccc(-c3ccccc3)c2C)ccc1CN[C@H](CO)C(=O)O. The summed E-state index contributed by atoms with van der Waals surface area (Å²) in [5, 5.41) is 21.0. The molecule has 1 heterocycles. The van der Waals surface area contributed by atoms with Crippen molar-refractivity contribution in [1.82, 2.24) is 10.3 Å². The van der Waals surface area contributed by atoms with Gasteiger partial charge in [-0.2, -0.15) is 0 Å². The van der Waals surface area contributed by atoms with Gasteiger partial charge >= 0.3 is 5.97 Å². The molecule has 0 spiro atoms. The second kappa shape index (κ2) is 10.5. The summed E-state index contributed by atoms with van der Waals surface area (Å²) in [6.45, 7) is 1.83. The van der Waals surface area contributed by atoms with E-state index in [1.54, 1.807) is 0 Å². The molecule has 3 N–H and O–H groups in total. The summed E-state index contributed by atoms with van der Waals surface area (Å²) >= 11 is 0. The van der Waals surface area contributed by atoms with Gasteiger partial charge < -0.3 is 14.9 Å². The standard InChI is InChI=1S/C25H26N2O4/c1-17-18(9-6-10-22(17)19-7-4-3-5-8-19)11-13-21-14-12-20(24(27-21)31-2)15-26-23(16-28)25(29)30/h3-14,23,26,28H,15-16H2,1-2H3,(H,29,30)/b13-11+/t23-/m1/s1. The molecule has 0 aliphatic heterocycles. The normalized spacial score (nSPS) is 12.1. The second-order valence-corrected chi connectivity index (χ2v) is 7.08. The second-order valence-electron chi connectivity index (χ2n) is 7.08. The first-order valence-electron chi connectivity index (χ1n) is 9.97. The first kappa shape index (κ1) is 22.2. The van der Waals surface area contributed by atoms with E-state index in [0.29, 0.717) is 11.4 Å². The lowest BCUT2D eigenvalue weighted by Crippen LogP contribution is -2.39. The molecule has 0 amide bonds. The fourth-order valence-corrected chi connectivity index (χ4v) is 3.29. The van der Waals surface area contributed by atoms with E-state index in [1.807, 2.05) is 48.6 Å². The van der Waals surface area contributed by atoms with Crippen LogP contribution in [0.2, 0.25) is 0 Å². The number of methoxy groups -OCH3 is 1. The van der Waals surface area contributed by atoms with Crippen LogP contribution in [0, 0.1) is 6.92 Å². The van der Waals surface area contributed by atoms with Crippen molar-refractivity contribution in [2.24, 2.45) is 0 Å². The van der Waals surface area contributed by atoms with Gasteiger partial charge in [0.25, 0.3) is 0 Å². The predicted octanol–water partition coefficient (Wildman–Crippen LogP) is 3.77. The molecule has 0 aliphatic carbocycles. The highest BCUT2D eigenvalue weighted by Gasteiger charge is 2.16. The number of carboxylic acids is 1. The van der Waals surface area contributed by atoms with E-state index >= 15 is 0 Å². The average molecular weight is 418 g/mol. The Morgan fingerprint density at radius 1 is 1.10 bits per heavy atom. The van der Waals surface area contributed by atoms with E-state index in [2.05, 4.69) is 41.5 Å². The summed E-state index contributed by atoms with van der Waals surface area (Å²) < 4.78 is 5.37. The Bertz CT molecular complexity index is 1060. The Kier molecular flexibility index (Phi) is 7.54. The summed E-state index contributed by atoms with van der Waals surface area (Å²) in [5.74, 6) is -0.700. The van der Waals surface area contributed by atoms with Crippen molar-refractivity contribution in [3.05, 3.63) is 83.0 Å². The minimum absolute atomic E-state index is 0.218. The van der Waals surface area contributed by atoms with E-state index in [-0.39, 0.29) is 6.54 Å². The van der Waals surface area contributed by atoms with Gasteiger partial charge in [0.1, 0.15) is 6.04 Å². The molecule has 0 saturated carbocycles. The van der Waals surface area contributed by atoms with Gasteiger partial charge in [0, 0.05) is 12.1 Å². The number of hydrogen-bond donors (Lipinski definition) is 3. The lowest BCUT2D eigenvalue weighted by Gasteiger charge is -2.13. The van der Waals surface area contributed by atoms with Gasteiger partial charge in [0.2, 0.25) is 5.88 Å². The van der Waals surface area contributed by atoms with Crippen molar-refractivity contribution < 1.29 is 19.7 Å². The number of aliphatic hydroxyl groups is 1. The zero-order valence-corrected chi connectivity index (χ0v) is 17.6. The first-order valence-corrected chi connectivity index (χ1v) is 9.97. The third-order valence-electron chi connectivity index (χ3n) is 5.07. The molecule has 2 aromatic carbocycles. The lowest BCUT2D eigenvalue weighted by molar-refractivity contribution is -0.140. The molecule has 0 saturated heterocycles.